The Labute approximate surface area is 178 Å². The van der Waals surface area contributed by atoms with Gasteiger partial charge in [-0.3, -0.25) is 9.69 Å². The molecule has 0 spiro atoms. The third-order valence-electron chi connectivity index (χ3n) is 6.11. The number of hydrogen-bond donors (Lipinski definition) is 2. The largest absolute Gasteiger partial charge is 0.388 e. The van der Waals surface area contributed by atoms with E-state index < -0.39 is 6.10 Å². The predicted molar refractivity (Wildman–Crippen MR) is 119 cm³/mol. The van der Waals surface area contributed by atoms with Gasteiger partial charge in [-0.25, -0.2) is 0 Å². The van der Waals surface area contributed by atoms with E-state index in [0.29, 0.717) is 6.54 Å². The molecule has 0 aliphatic carbocycles. The van der Waals surface area contributed by atoms with E-state index in [2.05, 4.69) is 27.2 Å². The first-order valence-corrected chi connectivity index (χ1v) is 10.9. The van der Waals surface area contributed by atoms with Crippen molar-refractivity contribution in [3.8, 4) is 0 Å². The second-order valence-corrected chi connectivity index (χ2v) is 8.16. The van der Waals surface area contributed by atoms with Gasteiger partial charge in [0, 0.05) is 24.5 Å². The van der Waals surface area contributed by atoms with Crippen LogP contribution in [0.3, 0.4) is 0 Å². The lowest BCUT2D eigenvalue weighted by molar-refractivity contribution is -0.117. The Hall–Kier alpha value is -2.41. The molecule has 6 heteroatoms. The van der Waals surface area contributed by atoms with Crippen molar-refractivity contribution in [2.45, 2.75) is 18.9 Å². The number of benzene rings is 2. The lowest BCUT2D eigenvalue weighted by atomic mass is 9.87. The van der Waals surface area contributed by atoms with E-state index in [1.54, 1.807) is 0 Å². The van der Waals surface area contributed by atoms with Crippen LogP contribution in [0.5, 0.6) is 0 Å². The summed E-state index contributed by atoms with van der Waals surface area (Å²) in [5.41, 5.74) is 2.97. The van der Waals surface area contributed by atoms with E-state index in [9.17, 15) is 9.90 Å². The quantitative estimate of drug-likeness (QED) is 0.768. The maximum absolute atomic E-state index is 12.5. The van der Waals surface area contributed by atoms with Crippen molar-refractivity contribution in [3.05, 3.63) is 60.2 Å². The van der Waals surface area contributed by atoms with Crippen molar-refractivity contribution < 1.29 is 14.6 Å². The Morgan fingerprint density at radius 2 is 1.67 bits per heavy atom. The van der Waals surface area contributed by atoms with Crippen molar-refractivity contribution in [3.63, 3.8) is 0 Å². The Balaban J connectivity index is 1.22. The van der Waals surface area contributed by atoms with Crippen LogP contribution < -0.4 is 10.2 Å². The molecule has 1 amide bonds. The molecule has 2 fully saturated rings. The number of aliphatic hydroxyl groups excluding tert-OH is 1. The summed E-state index contributed by atoms with van der Waals surface area (Å²) in [6, 6.07) is 17.9. The monoisotopic (exact) mass is 409 g/mol. The van der Waals surface area contributed by atoms with E-state index in [1.807, 2.05) is 42.5 Å². The van der Waals surface area contributed by atoms with Crippen LogP contribution >= 0.6 is 0 Å². The van der Waals surface area contributed by atoms with Gasteiger partial charge in [0.1, 0.15) is 0 Å². The molecule has 160 valence electrons. The molecule has 6 nitrogen and oxygen atoms in total. The Morgan fingerprint density at radius 1 is 1.00 bits per heavy atom. The molecule has 2 aromatic carbocycles. The van der Waals surface area contributed by atoms with Crippen molar-refractivity contribution in [2.75, 3.05) is 56.2 Å². The number of morpholine rings is 1. The van der Waals surface area contributed by atoms with E-state index in [1.165, 1.54) is 0 Å². The number of likely N-dealkylation sites (tertiary alicyclic amines) is 1. The Kier molecular flexibility index (Phi) is 7.00. The predicted octanol–water partition coefficient (Wildman–Crippen LogP) is 2.91. The average Bonchev–Trinajstić information content (AvgIpc) is 2.81. The highest BCUT2D eigenvalue weighted by Gasteiger charge is 2.27. The minimum Gasteiger partial charge on any atom is -0.388 e. The second-order valence-electron chi connectivity index (χ2n) is 8.16. The molecule has 2 heterocycles. The summed E-state index contributed by atoms with van der Waals surface area (Å²) >= 11 is 0. The molecule has 0 bridgehead atoms. The van der Waals surface area contributed by atoms with Gasteiger partial charge in [0.25, 0.3) is 0 Å². The minimum absolute atomic E-state index is 0.0104. The number of carbonyl (C=O) groups is 1. The number of aliphatic hydroxyl groups is 1. The molecule has 0 aromatic heterocycles. The summed E-state index contributed by atoms with van der Waals surface area (Å²) in [5.74, 6) is 0.260. The highest BCUT2D eigenvalue weighted by atomic mass is 16.5. The number of carbonyl (C=O) groups excluding carboxylic acids is 1. The van der Waals surface area contributed by atoms with Crippen LogP contribution in [0.4, 0.5) is 11.4 Å². The number of hydrogen-bond acceptors (Lipinski definition) is 5. The Morgan fingerprint density at radius 3 is 2.33 bits per heavy atom. The van der Waals surface area contributed by atoms with Crippen molar-refractivity contribution in [2.24, 2.45) is 5.92 Å². The van der Waals surface area contributed by atoms with Gasteiger partial charge in [0.2, 0.25) is 5.91 Å². The second kappa shape index (κ2) is 10.1. The minimum atomic E-state index is -0.424. The lowest BCUT2D eigenvalue weighted by Gasteiger charge is -2.34. The zero-order valence-electron chi connectivity index (χ0n) is 17.4. The number of anilines is 2. The zero-order valence-corrected chi connectivity index (χ0v) is 17.4. The van der Waals surface area contributed by atoms with Crippen LogP contribution in [0.25, 0.3) is 0 Å². The van der Waals surface area contributed by atoms with Crippen LogP contribution in [-0.2, 0) is 9.53 Å². The Bertz CT molecular complexity index is 798. The summed E-state index contributed by atoms with van der Waals surface area (Å²) in [7, 11) is 0. The first kappa shape index (κ1) is 20.8. The molecule has 2 saturated heterocycles. The number of ether oxygens (including phenoxy) is 1. The van der Waals surface area contributed by atoms with E-state index in [-0.39, 0.29) is 11.8 Å². The van der Waals surface area contributed by atoms with Crippen molar-refractivity contribution in [1.29, 1.82) is 0 Å². The summed E-state index contributed by atoms with van der Waals surface area (Å²) in [4.78, 5) is 16.9. The first-order valence-electron chi connectivity index (χ1n) is 10.9. The molecule has 2 aliphatic heterocycles. The normalized spacial score (nSPS) is 19.4. The number of nitrogens with one attached hydrogen (secondary N) is 1. The maximum Gasteiger partial charge on any atom is 0.238 e. The zero-order chi connectivity index (χ0) is 20.8. The van der Waals surface area contributed by atoms with Gasteiger partial charge in [0.15, 0.2) is 0 Å². The standard InChI is InChI=1S/C24H31N3O3/c28-23(25-21-6-8-22(9-7-21)27-14-16-30-17-15-27)18-26-12-10-20(11-13-26)24(29)19-4-2-1-3-5-19/h1-9,20,24,29H,10-18H2,(H,25,28). The van der Waals surface area contributed by atoms with Crippen LogP contribution in [0.1, 0.15) is 24.5 Å². The molecule has 0 saturated carbocycles. The first-order chi connectivity index (χ1) is 14.7. The fraction of sp³-hybridized carbons (Fsp3) is 0.458. The van der Waals surface area contributed by atoms with Crippen LogP contribution in [0, 0.1) is 5.92 Å². The molecular weight excluding hydrogens is 378 g/mol. The molecule has 4 rings (SSSR count). The van der Waals surface area contributed by atoms with E-state index in [0.717, 1.165) is 69.2 Å². The van der Waals surface area contributed by atoms with Gasteiger partial charge < -0.3 is 20.1 Å². The smallest absolute Gasteiger partial charge is 0.238 e. The van der Waals surface area contributed by atoms with Crippen molar-refractivity contribution in [1.82, 2.24) is 4.90 Å². The van der Waals surface area contributed by atoms with Crippen LogP contribution in [0.2, 0.25) is 0 Å². The summed E-state index contributed by atoms with van der Waals surface area (Å²) in [6.45, 7) is 5.38. The van der Waals surface area contributed by atoms with Gasteiger partial charge >= 0.3 is 0 Å². The van der Waals surface area contributed by atoms with Gasteiger partial charge in [-0.2, -0.15) is 0 Å². The number of amides is 1. The molecule has 30 heavy (non-hydrogen) atoms. The summed E-state index contributed by atoms with van der Waals surface area (Å²) in [5, 5.41) is 13.6. The number of nitrogens with zero attached hydrogens (tertiary/aromatic N) is 2. The van der Waals surface area contributed by atoms with Crippen molar-refractivity contribution >= 4 is 17.3 Å². The molecule has 1 atom stereocenters. The molecule has 2 N–H and O–H groups in total. The van der Waals surface area contributed by atoms with Crippen LogP contribution in [-0.4, -0.2) is 61.9 Å². The van der Waals surface area contributed by atoms with Gasteiger partial charge in [-0.05, 0) is 61.7 Å². The fourth-order valence-corrected chi connectivity index (χ4v) is 4.33. The van der Waals surface area contributed by atoms with Gasteiger partial charge in [-0.1, -0.05) is 30.3 Å². The molecule has 1 unspecified atom stereocenters. The lowest BCUT2D eigenvalue weighted by Crippen LogP contribution is -2.40. The molecule has 2 aliphatic rings. The third kappa shape index (κ3) is 5.39. The SMILES string of the molecule is O=C(CN1CCC(C(O)c2ccccc2)CC1)Nc1ccc(N2CCOCC2)cc1. The maximum atomic E-state index is 12.5. The molecule has 0 radical (unpaired) electrons. The fourth-order valence-electron chi connectivity index (χ4n) is 4.33. The highest BCUT2D eigenvalue weighted by molar-refractivity contribution is 5.92. The summed E-state index contributed by atoms with van der Waals surface area (Å²) in [6.07, 6.45) is 1.38. The summed E-state index contributed by atoms with van der Waals surface area (Å²) < 4.78 is 5.39. The van der Waals surface area contributed by atoms with E-state index in [4.69, 9.17) is 4.74 Å². The van der Waals surface area contributed by atoms with E-state index >= 15 is 0 Å². The third-order valence-corrected chi connectivity index (χ3v) is 6.11. The van der Waals surface area contributed by atoms with Crippen LogP contribution in [0.15, 0.2) is 54.6 Å². The molecule has 2 aromatic rings. The average molecular weight is 410 g/mol. The number of piperidine rings is 1. The van der Waals surface area contributed by atoms with Gasteiger partial charge in [-0.15, -0.1) is 0 Å². The highest BCUT2D eigenvalue weighted by Crippen LogP contribution is 2.30. The topological polar surface area (TPSA) is 65.0 Å². The van der Waals surface area contributed by atoms with Gasteiger partial charge in [0.05, 0.1) is 25.9 Å². The molecular formula is C24H31N3O3. The number of rotatable bonds is 6.